The third-order valence-electron chi connectivity index (χ3n) is 6.27. The maximum Gasteiger partial charge on any atom is 2.00 e. The normalized spacial score (nSPS) is 10.2. The van der Waals surface area contributed by atoms with Gasteiger partial charge in [0.15, 0.2) is 0 Å². The van der Waals surface area contributed by atoms with E-state index in [4.69, 9.17) is 0 Å². The van der Waals surface area contributed by atoms with Gasteiger partial charge in [-0.1, -0.05) is 59.7 Å². The molecular formula is C36H22V2. The molecule has 0 fully saturated rings. The third kappa shape index (κ3) is 6.13. The Labute approximate surface area is 249 Å². The van der Waals surface area contributed by atoms with Crippen LogP contribution in [0, 0.1) is 24.3 Å². The van der Waals surface area contributed by atoms with Crippen LogP contribution in [0.5, 0.6) is 0 Å². The second kappa shape index (κ2) is 12.8. The molecule has 0 aliphatic carbocycles. The molecule has 0 unspecified atom stereocenters. The molecule has 0 nitrogen and oxygen atoms in total. The Morgan fingerprint density at radius 1 is 0.316 bits per heavy atom. The Kier molecular flexibility index (Phi) is 9.29. The van der Waals surface area contributed by atoms with Crippen LogP contribution in [0.2, 0.25) is 0 Å². The van der Waals surface area contributed by atoms with Crippen LogP contribution >= 0.6 is 0 Å². The van der Waals surface area contributed by atoms with Crippen LogP contribution in [0.3, 0.4) is 0 Å². The van der Waals surface area contributed by atoms with Gasteiger partial charge in [0.05, 0.1) is 0 Å². The van der Waals surface area contributed by atoms with Crippen molar-refractivity contribution in [2.24, 2.45) is 0 Å². The zero-order valence-electron chi connectivity index (χ0n) is 20.6. The van der Waals surface area contributed by atoms with E-state index in [9.17, 15) is 0 Å². The van der Waals surface area contributed by atoms with Crippen LogP contribution in [0.4, 0.5) is 0 Å². The van der Waals surface area contributed by atoms with Gasteiger partial charge in [-0.25, -0.2) is 11.1 Å². The Morgan fingerprint density at radius 2 is 0.684 bits per heavy atom. The van der Waals surface area contributed by atoms with Gasteiger partial charge >= 0.3 is 37.1 Å². The van der Waals surface area contributed by atoms with Crippen LogP contribution in [0.15, 0.2) is 133 Å². The van der Waals surface area contributed by atoms with Gasteiger partial charge in [0, 0.05) is 0 Å². The molecule has 0 aromatic heterocycles. The molecule has 0 saturated heterocycles. The molecule has 0 atom stereocenters. The minimum absolute atomic E-state index is 0. The summed E-state index contributed by atoms with van der Waals surface area (Å²) in [5.41, 5.74) is 11.0. The summed E-state index contributed by atoms with van der Waals surface area (Å²) in [6, 6.07) is 59.7. The molecule has 6 aromatic rings. The first-order valence-electron chi connectivity index (χ1n) is 12.0. The van der Waals surface area contributed by atoms with Gasteiger partial charge in [-0.3, -0.25) is 0 Å². The van der Waals surface area contributed by atoms with E-state index in [1.807, 2.05) is 36.4 Å². The molecule has 6 aromatic carbocycles. The van der Waals surface area contributed by atoms with Gasteiger partial charge in [0.2, 0.25) is 0 Å². The molecule has 0 aliphatic heterocycles. The molecule has 2 heteroatoms. The molecule has 0 amide bonds. The summed E-state index contributed by atoms with van der Waals surface area (Å²) in [5.74, 6) is 0. The molecular weight excluding hydrogens is 534 g/mol. The van der Waals surface area contributed by atoms with E-state index in [0.29, 0.717) is 0 Å². The van der Waals surface area contributed by atoms with Crippen molar-refractivity contribution in [3.05, 3.63) is 158 Å². The smallest absolute Gasteiger partial charge is 0.209 e. The predicted octanol–water partition coefficient (Wildman–Crippen LogP) is 9.22. The van der Waals surface area contributed by atoms with Crippen molar-refractivity contribution in [3.63, 3.8) is 0 Å². The van der Waals surface area contributed by atoms with Gasteiger partial charge in [0.25, 0.3) is 0 Å². The molecule has 6 rings (SSSR count). The first-order valence-corrected chi connectivity index (χ1v) is 12.0. The molecule has 0 heterocycles. The zero-order chi connectivity index (χ0) is 24.2. The van der Waals surface area contributed by atoms with Gasteiger partial charge in [0.1, 0.15) is 0 Å². The maximum absolute atomic E-state index is 3.58. The quantitative estimate of drug-likeness (QED) is 0.186. The van der Waals surface area contributed by atoms with Crippen molar-refractivity contribution in [2.75, 3.05) is 0 Å². The summed E-state index contributed by atoms with van der Waals surface area (Å²) < 4.78 is 0. The van der Waals surface area contributed by atoms with Gasteiger partial charge in [-0.05, 0) is 11.1 Å². The van der Waals surface area contributed by atoms with Crippen molar-refractivity contribution in [1.29, 1.82) is 0 Å². The van der Waals surface area contributed by atoms with Crippen molar-refractivity contribution >= 4 is 0 Å². The van der Waals surface area contributed by atoms with Crippen molar-refractivity contribution in [3.8, 4) is 55.6 Å². The number of benzene rings is 6. The summed E-state index contributed by atoms with van der Waals surface area (Å²) in [5, 5.41) is 0. The maximum atomic E-state index is 3.58. The van der Waals surface area contributed by atoms with Crippen LogP contribution in [0.1, 0.15) is 0 Å². The molecule has 0 N–H and O–H groups in total. The van der Waals surface area contributed by atoms with E-state index in [-0.39, 0.29) is 37.1 Å². The third-order valence-corrected chi connectivity index (χ3v) is 6.27. The van der Waals surface area contributed by atoms with E-state index in [1.54, 1.807) is 0 Å². The van der Waals surface area contributed by atoms with E-state index in [0.717, 1.165) is 44.5 Å². The predicted molar refractivity (Wildman–Crippen MR) is 149 cm³/mol. The second-order valence-corrected chi connectivity index (χ2v) is 8.67. The van der Waals surface area contributed by atoms with Gasteiger partial charge in [-0.15, -0.1) is 47.5 Å². The van der Waals surface area contributed by atoms with Crippen molar-refractivity contribution in [2.45, 2.75) is 0 Å². The Hall–Kier alpha value is -3.51. The molecule has 2 radical (unpaired) electrons. The van der Waals surface area contributed by atoms with Crippen LogP contribution in [-0.2, 0) is 37.1 Å². The number of hydrogen-bond acceptors (Lipinski definition) is 0. The van der Waals surface area contributed by atoms with Crippen molar-refractivity contribution in [1.82, 2.24) is 0 Å². The number of hydrogen-bond donors (Lipinski definition) is 0. The minimum Gasteiger partial charge on any atom is -0.209 e. The summed E-state index contributed by atoms with van der Waals surface area (Å²) in [7, 11) is 0. The monoisotopic (exact) mass is 556 g/mol. The summed E-state index contributed by atoms with van der Waals surface area (Å²) in [6.45, 7) is 0. The Morgan fingerprint density at radius 3 is 1.11 bits per heavy atom. The molecule has 0 bridgehead atoms. The van der Waals surface area contributed by atoms with Crippen LogP contribution in [-0.4, -0.2) is 0 Å². The Balaban J connectivity index is 0.00000168. The fraction of sp³-hybridized carbons (Fsp3) is 0. The molecule has 176 valence electrons. The van der Waals surface area contributed by atoms with Gasteiger partial charge < -0.3 is 0 Å². The van der Waals surface area contributed by atoms with Crippen molar-refractivity contribution < 1.29 is 37.1 Å². The van der Waals surface area contributed by atoms with E-state index in [1.165, 1.54) is 11.1 Å². The average Bonchev–Trinajstić information content (AvgIpc) is 2.98. The molecule has 0 aliphatic rings. The SMILES string of the molecule is [V+2].[V+2].[c-]1ccccc1-c1[c-]c(-c2cccc(-c3cccc(-c4[c-]c(-c5[c-]cccc5)ccc4)c3)c2)ccc1. The molecule has 0 saturated carbocycles. The molecule has 0 spiro atoms. The van der Waals surface area contributed by atoms with Crippen LogP contribution < -0.4 is 0 Å². The average molecular weight is 556 g/mol. The zero-order valence-corrected chi connectivity index (χ0v) is 23.4. The fourth-order valence-corrected chi connectivity index (χ4v) is 4.44. The van der Waals surface area contributed by atoms with Gasteiger partial charge in [-0.2, -0.15) is 83.9 Å². The fourth-order valence-electron chi connectivity index (χ4n) is 4.44. The summed E-state index contributed by atoms with van der Waals surface area (Å²) in [4.78, 5) is 0. The summed E-state index contributed by atoms with van der Waals surface area (Å²) >= 11 is 0. The summed E-state index contributed by atoms with van der Waals surface area (Å²) in [6.07, 6.45) is 0. The topological polar surface area (TPSA) is 0 Å². The Bertz CT molecular complexity index is 1500. The minimum atomic E-state index is 0. The van der Waals surface area contributed by atoms with Crippen LogP contribution in [0.25, 0.3) is 55.6 Å². The number of rotatable bonds is 5. The standard InChI is InChI=1S/C36H22.2V/c1-3-11-27(12-4-1)29-15-7-17-31(23-29)33-19-9-21-35(25-33)36-22-10-20-34(26-36)32-18-8-16-30(24-32)28-13-5-2-6-14-28;;/h1-11,13,15-22,25-26H;;/q-4;2*+2. The second-order valence-electron chi connectivity index (χ2n) is 8.67. The molecule has 38 heavy (non-hydrogen) atoms. The van der Waals surface area contributed by atoms with E-state index in [2.05, 4.69) is 121 Å². The first kappa shape index (κ1) is 27.5. The van der Waals surface area contributed by atoms with E-state index >= 15 is 0 Å². The first-order chi connectivity index (χ1) is 17.8. The van der Waals surface area contributed by atoms with E-state index < -0.39 is 0 Å². The largest absolute Gasteiger partial charge is 2.00 e.